The molecule has 0 unspecified atom stereocenters. The minimum absolute atomic E-state index is 0.0949. The van der Waals surface area contributed by atoms with Crippen LogP contribution in [0.25, 0.3) is 0 Å². The molecule has 76 valence electrons. The first-order valence-electron chi connectivity index (χ1n) is 4.22. The smallest absolute Gasteiger partial charge is 0.212 e. The van der Waals surface area contributed by atoms with Crippen LogP contribution in [0, 0.1) is 0 Å². The highest BCUT2D eigenvalue weighted by Gasteiger charge is 2.23. The lowest BCUT2D eigenvalue weighted by Crippen LogP contribution is -2.39. The van der Waals surface area contributed by atoms with Gasteiger partial charge in [0.1, 0.15) is 0 Å². The van der Waals surface area contributed by atoms with E-state index in [1.165, 1.54) is 0 Å². The van der Waals surface area contributed by atoms with Gasteiger partial charge in [0.2, 0.25) is 10.0 Å². The molecule has 1 aliphatic heterocycles. The third kappa shape index (κ3) is 3.32. The zero-order valence-corrected chi connectivity index (χ0v) is 9.46. The fourth-order valence-corrected chi connectivity index (χ4v) is 3.91. The summed E-state index contributed by atoms with van der Waals surface area (Å²) in [5.74, 6) is 1.92. The standard InChI is InChI=1S/C8H15NO2S2/c1-8(2)7-13(10,11)9-3-5-12-6-4-9/h1,3-7H2,2H3. The first kappa shape index (κ1) is 11.1. The molecule has 1 fully saturated rings. The summed E-state index contributed by atoms with van der Waals surface area (Å²) in [7, 11) is -3.06. The van der Waals surface area contributed by atoms with E-state index in [9.17, 15) is 8.42 Å². The van der Waals surface area contributed by atoms with Crippen molar-refractivity contribution in [3.05, 3.63) is 12.2 Å². The van der Waals surface area contributed by atoms with E-state index < -0.39 is 10.0 Å². The number of rotatable bonds is 3. The van der Waals surface area contributed by atoms with E-state index >= 15 is 0 Å². The molecule has 0 aromatic carbocycles. The summed E-state index contributed by atoms with van der Waals surface area (Å²) in [4.78, 5) is 0. The van der Waals surface area contributed by atoms with E-state index in [0.717, 1.165) is 11.5 Å². The first-order chi connectivity index (χ1) is 6.02. The van der Waals surface area contributed by atoms with E-state index in [-0.39, 0.29) is 5.75 Å². The molecular weight excluding hydrogens is 206 g/mol. The van der Waals surface area contributed by atoms with Crippen molar-refractivity contribution in [1.29, 1.82) is 0 Å². The summed E-state index contributed by atoms with van der Waals surface area (Å²) in [5, 5.41) is 0. The highest BCUT2D eigenvalue weighted by Crippen LogP contribution is 2.14. The van der Waals surface area contributed by atoms with Crippen molar-refractivity contribution in [3.63, 3.8) is 0 Å². The molecule has 0 atom stereocenters. The van der Waals surface area contributed by atoms with E-state index in [1.54, 1.807) is 23.0 Å². The first-order valence-corrected chi connectivity index (χ1v) is 6.99. The summed E-state index contributed by atoms with van der Waals surface area (Å²) in [5.41, 5.74) is 0.707. The Bertz CT molecular complexity index is 279. The third-order valence-electron chi connectivity index (χ3n) is 1.79. The average molecular weight is 221 g/mol. The van der Waals surface area contributed by atoms with Gasteiger partial charge in [0.25, 0.3) is 0 Å². The van der Waals surface area contributed by atoms with Gasteiger partial charge in [-0.1, -0.05) is 12.2 Å². The molecule has 0 aliphatic carbocycles. The van der Waals surface area contributed by atoms with Gasteiger partial charge in [0, 0.05) is 24.6 Å². The number of thioether (sulfide) groups is 1. The Kier molecular flexibility index (Phi) is 3.82. The van der Waals surface area contributed by atoms with E-state index in [1.807, 2.05) is 0 Å². The van der Waals surface area contributed by atoms with Gasteiger partial charge in [-0.15, -0.1) is 0 Å². The van der Waals surface area contributed by atoms with E-state index in [0.29, 0.717) is 18.7 Å². The van der Waals surface area contributed by atoms with Gasteiger partial charge in [-0.2, -0.15) is 16.1 Å². The van der Waals surface area contributed by atoms with Gasteiger partial charge < -0.3 is 0 Å². The maximum Gasteiger partial charge on any atom is 0.217 e. The molecule has 0 spiro atoms. The van der Waals surface area contributed by atoms with Crippen LogP contribution in [0.15, 0.2) is 12.2 Å². The normalized spacial score (nSPS) is 20.1. The van der Waals surface area contributed by atoms with Crippen LogP contribution in [-0.2, 0) is 10.0 Å². The summed E-state index contributed by atoms with van der Waals surface area (Å²) < 4.78 is 24.9. The maximum atomic E-state index is 11.7. The Labute approximate surface area is 84.2 Å². The van der Waals surface area contributed by atoms with Gasteiger partial charge in [-0.3, -0.25) is 0 Å². The van der Waals surface area contributed by atoms with Crippen molar-refractivity contribution in [2.24, 2.45) is 0 Å². The van der Waals surface area contributed by atoms with Crippen molar-refractivity contribution in [1.82, 2.24) is 4.31 Å². The van der Waals surface area contributed by atoms with Crippen LogP contribution in [0.3, 0.4) is 0 Å². The van der Waals surface area contributed by atoms with Crippen LogP contribution in [0.5, 0.6) is 0 Å². The largest absolute Gasteiger partial charge is 0.217 e. The fraction of sp³-hybridized carbons (Fsp3) is 0.750. The lowest BCUT2D eigenvalue weighted by molar-refractivity contribution is 0.445. The molecule has 0 bridgehead atoms. The van der Waals surface area contributed by atoms with Crippen LogP contribution in [0.1, 0.15) is 6.92 Å². The highest BCUT2D eigenvalue weighted by molar-refractivity contribution is 7.99. The predicted molar refractivity (Wildman–Crippen MR) is 57.5 cm³/mol. The second kappa shape index (κ2) is 4.48. The molecule has 5 heteroatoms. The van der Waals surface area contributed by atoms with Gasteiger partial charge in [-0.05, 0) is 6.92 Å². The molecule has 13 heavy (non-hydrogen) atoms. The molecule has 0 aromatic heterocycles. The Hall–Kier alpha value is -0.0000000000000000555. The van der Waals surface area contributed by atoms with Gasteiger partial charge in [-0.25, -0.2) is 8.42 Å². The lowest BCUT2D eigenvalue weighted by Gasteiger charge is -2.25. The third-order valence-corrected chi connectivity index (χ3v) is 4.74. The highest BCUT2D eigenvalue weighted by atomic mass is 32.2. The average Bonchev–Trinajstić information content (AvgIpc) is 2.04. The molecule has 3 nitrogen and oxygen atoms in total. The van der Waals surface area contributed by atoms with Crippen LogP contribution < -0.4 is 0 Å². The molecule has 1 heterocycles. The molecule has 0 radical (unpaired) electrons. The van der Waals surface area contributed by atoms with Crippen molar-refractivity contribution in [2.75, 3.05) is 30.3 Å². The summed E-state index contributed by atoms with van der Waals surface area (Å²) in [6, 6.07) is 0. The van der Waals surface area contributed by atoms with Crippen LogP contribution in [0.2, 0.25) is 0 Å². The van der Waals surface area contributed by atoms with Gasteiger partial charge in [0.05, 0.1) is 5.75 Å². The Morgan fingerprint density at radius 1 is 1.46 bits per heavy atom. The number of sulfonamides is 1. The predicted octanol–water partition coefficient (Wildman–Crippen LogP) is 0.941. The molecule has 0 amide bonds. The van der Waals surface area contributed by atoms with Crippen molar-refractivity contribution in [2.45, 2.75) is 6.92 Å². The van der Waals surface area contributed by atoms with Crippen LogP contribution in [0.4, 0.5) is 0 Å². The lowest BCUT2D eigenvalue weighted by atomic mass is 10.4. The summed E-state index contributed by atoms with van der Waals surface area (Å²) >= 11 is 1.81. The molecule has 1 rings (SSSR count). The quantitative estimate of drug-likeness (QED) is 0.666. The topological polar surface area (TPSA) is 37.4 Å². The summed E-state index contributed by atoms with van der Waals surface area (Å²) in [6.07, 6.45) is 0. The Morgan fingerprint density at radius 3 is 2.46 bits per heavy atom. The van der Waals surface area contributed by atoms with Crippen molar-refractivity contribution >= 4 is 21.8 Å². The number of hydrogen-bond acceptors (Lipinski definition) is 3. The van der Waals surface area contributed by atoms with Gasteiger partial charge in [0.15, 0.2) is 0 Å². The van der Waals surface area contributed by atoms with Crippen LogP contribution >= 0.6 is 11.8 Å². The molecule has 1 saturated heterocycles. The maximum absolute atomic E-state index is 11.7. The fourth-order valence-electron chi connectivity index (χ4n) is 1.23. The van der Waals surface area contributed by atoms with E-state index in [4.69, 9.17) is 0 Å². The van der Waals surface area contributed by atoms with Crippen molar-refractivity contribution in [3.8, 4) is 0 Å². The summed E-state index contributed by atoms with van der Waals surface area (Å²) in [6.45, 7) is 6.68. The molecule has 1 aliphatic rings. The minimum atomic E-state index is -3.06. The zero-order chi connectivity index (χ0) is 9.90. The molecule has 0 N–H and O–H groups in total. The van der Waals surface area contributed by atoms with E-state index in [2.05, 4.69) is 6.58 Å². The van der Waals surface area contributed by atoms with Crippen molar-refractivity contribution < 1.29 is 8.42 Å². The second-order valence-electron chi connectivity index (χ2n) is 3.22. The minimum Gasteiger partial charge on any atom is -0.212 e. The second-order valence-corrected chi connectivity index (χ2v) is 6.42. The van der Waals surface area contributed by atoms with Gasteiger partial charge >= 0.3 is 0 Å². The zero-order valence-electron chi connectivity index (χ0n) is 7.82. The molecule has 0 saturated carbocycles. The number of hydrogen-bond donors (Lipinski definition) is 0. The monoisotopic (exact) mass is 221 g/mol. The Balaban J connectivity index is 2.62. The Morgan fingerprint density at radius 2 is 2.00 bits per heavy atom. The SMILES string of the molecule is C=C(C)CS(=O)(=O)N1CCSCC1. The molecular formula is C8H15NO2S2. The number of nitrogens with zero attached hydrogens (tertiary/aromatic N) is 1. The van der Waals surface area contributed by atoms with Crippen LogP contribution in [-0.4, -0.2) is 43.1 Å². The molecule has 0 aromatic rings.